The lowest BCUT2D eigenvalue weighted by molar-refractivity contribution is -0.121. The van der Waals surface area contributed by atoms with Crippen LogP contribution in [0.2, 0.25) is 0 Å². The predicted octanol–water partition coefficient (Wildman–Crippen LogP) is 0.786. The van der Waals surface area contributed by atoms with Crippen LogP contribution >= 0.6 is 0 Å². The first-order chi connectivity index (χ1) is 6.72. The number of hydrogen-bond acceptors (Lipinski definition) is 2. The van der Waals surface area contributed by atoms with E-state index in [1.807, 2.05) is 0 Å². The van der Waals surface area contributed by atoms with Crippen molar-refractivity contribution in [3.05, 3.63) is 0 Å². The van der Waals surface area contributed by atoms with Gasteiger partial charge in [0.05, 0.1) is 0 Å². The van der Waals surface area contributed by atoms with E-state index in [-0.39, 0.29) is 5.91 Å². The van der Waals surface area contributed by atoms with Crippen molar-refractivity contribution in [3.63, 3.8) is 0 Å². The zero-order chi connectivity index (χ0) is 10.4. The largest absolute Gasteiger partial charge is 0.353 e. The van der Waals surface area contributed by atoms with Crippen LogP contribution in [0.1, 0.15) is 38.5 Å². The van der Waals surface area contributed by atoms with Crippen molar-refractivity contribution >= 4 is 5.91 Å². The van der Waals surface area contributed by atoms with Crippen LogP contribution in [0, 0.1) is 12.3 Å². The van der Waals surface area contributed by atoms with Crippen LogP contribution in [0.25, 0.3) is 0 Å². The predicted molar refractivity (Wildman–Crippen MR) is 56.4 cm³/mol. The maximum Gasteiger partial charge on any atom is 0.221 e. The second kappa shape index (κ2) is 5.66. The number of terminal acetylenes is 1. The summed E-state index contributed by atoms with van der Waals surface area (Å²) in [5, 5.41) is 2.98. The molecule has 0 radical (unpaired) electrons. The van der Waals surface area contributed by atoms with Crippen LogP contribution in [0.3, 0.4) is 0 Å². The molecule has 1 fully saturated rings. The van der Waals surface area contributed by atoms with E-state index in [0.29, 0.717) is 24.9 Å². The van der Waals surface area contributed by atoms with Crippen molar-refractivity contribution in [3.8, 4) is 12.3 Å². The van der Waals surface area contributed by atoms with Crippen LogP contribution < -0.4 is 11.1 Å². The molecule has 3 heteroatoms. The van der Waals surface area contributed by atoms with Crippen LogP contribution in [0.15, 0.2) is 0 Å². The highest BCUT2D eigenvalue weighted by Gasteiger charge is 2.19. The number of amides is 1. The summed E-state index contributed by atoms with van der Waals surface area (Å²) in [5.41, 5.74) is 5.77. The average Bonchev–Trinajstić information content (AvgIpc) is 2.18. The maximum atomic E-state index is 11.3. The van der Waals surface area contributed by atoms with E-state index in [9.17, 15) is 4.79 Å². The molecule has 0 aromatic carbocycles. The summed E-state index contributed by atoms with van der Waals surface area (Å²) < 4.78 is 0. The van der Waals surface area contributed by atoms with Gasteiger partial charge in [-0.05, 0) is 25.7 Å². The fourth-order valence-corrected chi connectivity index (χ4v) is 1.75. The first-order valence-corrected chi connectivity index (χ1v) is 5.20. The van der Waals surface area contributed by atoms with Crippen molar-refractivity contribution in [1.29, 1.82) is 0 Å². The molecule has 1 amide bonds. The van der Waals surface area contributed by atoms with Crippen molar-refractivity contribution in [2.24, 2.45) is 5.73 Å². The molecule has 1 saturated carbocycles. The molecule has 1 aliphatic carbocycles. The molecule has 14 heavy (non-hydrogen) atoms. The summed E-state index contributed by atoms with van der Waals surface area (Å²) >= 11 is 0. The molecule has 0 bridgehead atoms. The summed E-state index contributed by atoms with van der Waals surface area (Å²) in [4.78, 5) is 11.3. The Labute approximate surface area is 85.4 Å². The van der Waals surface area contributed by atoms with E-state index in [1.165, 1.54) is 0 Å². The van der Waals surface area contributed by atoms with Gasteiger partial charge in [-0.3, -0.25) is 4.79 Å². The lowest BCUT2D eigenvalue weighted by Crippen LogP contribution is -2.40. The van der Waals surface area contributed by atoms with Crippen LogP contribution in [0.5, 0.6) is 0 Å². The zero-order valence-electron chi connectivity index (χ0n) is 8.46. The number of carbonyl (C=O) groups is 1. The van der Waals surface area contributed by atoms with Gasteiger partial charge < -0.3 is 11.1 Å². The highest BCUT2D eigenvalue weighted by molar-refractivity contribution is 5.76. The van der Waals surface area contributed by atoms with Gasteiger partial charge in [0.1, 0.15) is 0 Å². The van der Waals surface area contributed by atoms with Gasteiger partial charge in [-0.25, -0.2) is 0 Å². The fraction of sp³-hybridized carbons (Fsp3) is 0.727. The number of rotatable bonds is 3. The van der Waals surface area contributed by atoms with Crippen molar-refractivity contribution in [2.75, 3.05) is 0 Å². The summed E-state index contributed by atoms with van der Waals surface area (Å²) in [6.45, 7) is 0. The highest BCUT2D eigenvalue weighted by atomic mass is 16.1. The lowest BCUT2D eigenvalue weighted by atomic mass is 9.92. The molecule has 3 nitrogen and oxygen atoms in total. The smallest absolute Gasteiger partial charge is 0.221 e. The second-order valence-electron chi connectivity index (χ2n) is 3.88. The normalized spacial score (nSPS) is 26.6. The molecule has 0 aromatic rings. The first kappa shape index (κ1) is 11.1. The molecule has 1 aliphatic rings. The summed E-state index contributed by atoms with van der Waals surface area (Å²) in [6, 6.07) is 0.647. The molecule has 0 spiro atoms. The van der Waals surface area contributed by atoms with Crippen molar-refractivity contribution in [1.82, 2.24) is 5.32 Å². The van der Waals surface area contributed by atoms with Crippen LogP contribution in [0.4, 0.5) is 0 Å². The van der Waals surface area contributed by atoms with E-state index in [4.69, 9.17) is 12.2 Å². The Morgan fingerprint density at radius 2 is 2.07 bits per heavy atom. The van der Waals surface area contributed by atoms with E-state index >= 15 is 0 Å². The molecular formula is C11H18N2O. The third-order valence-electron chi connectivity index (χ3n) is 2.63. The Bertz CT molecular complexity index is 224. The molecule has 78 valence electrons. The minimum absolute atomic E-state index is 0.0726. The summed E-state index contributed by atoms with van der Waals surface area (Å²) in [5.74, 6) is 2.53. The van der Waals surface area contributed by atoms with E-state index < -0.39 is 0 Å². The number of nitrogens with two attached hydrogens (primary N) is 1. The molecule has 0 aliphatic heterocycles. The summed E-state index contributed by atoms with van der Waals surface area (Å²) in [7, 11) is 0. The lowest BCUT2D eigenvalue weighted by Gasteiger charge is -2.26. The Balaban J connectivity index is 2.18. The third kappa shape index (κ3) is 3.80. The van der Waals surface area contributed by atoms with Gasteiger partial charge in [-0.2, -0.15) is 0 Å². The maximum absolute atomic E-state index is 11.3. The quantitative estimate of drug-likeness (QED) is 0.652. The molecule has 0 atom stereocenters. The number of carbonyl (C=O) groups excluding carboxylic acids is 1. The van der Waals surface area contributed by atoms with Gasteiger partial charge in [0.2, 0.25) is 5.91 Å². The minimum atomic E-state index is 0.0726. The minimum Gasteiger partial charge on any atom is -0.353 e. The van der Waals surface area contributed by atoms with Gasteiger partial charge in [0.25, 0.3) is 0 Å². The Hall–Kier alpha value is -1.01. The zero-order valence-corrected chi connectivity index (χ0v) is 8.46. The van der Waals surface area contributed by atoms with Crippen molar-refractivity contribution < 1.29 is 4.79 Å². The number of hydrogen-bond donors (Lipinski definition) is 2. The van der Waals surface area contributed by atoms with E-state index in [1.54, 1.807) is 0 Å². The van der Waals surface area contributed by atoms with Gasteiger partial charge in [0, 0.05) is 24.9 Å². The van der Waals surface area contributed by atoms with Gasteiger partial charge >= 0.3 is 0 Å². The Morgan fingerprint density at radius 3 is 2.64 bits per heavy atom. The Kier molecular flexibility index (Phi) is 4.48. The van der Waals surface area contributed by atoms with E-state index in [0.717, 1.165) is 25.7 Å². The van der Waals surface area contributed by atoms with Crippen LogP contribution in [-0.4, -0.2) is 18.0 Å². The number of nitrogens with one attached hydrogen (secondary N) is 1. The first-order valence-electron chi connectivity index (χ1n) is 5.20. The van der Waals surface area contributed by atoms with Crippen LogP contribution in [-0.2, 0) is 4.79 Å². The monoisotopic (exact) mass is 194 g/mol. The molecule has 0 unspecified atom stereocenters. The molecule has 0 heterocycles. The molecular weight excluding hydrogens is 176 g/mol. The SMILES string of the molecule is C#CCCC(=O)NC1CCC(N)CC1. The van der Waals surface area contributed by atoms with Crippen molar-refractivity contribution in [2.45, 2.75) is 50.6 Å². The third-order valence-corrected chi connectivity index (χ3v) is 2.63. The molecule has 3 N–H and O–H groups in total. The highest BCUT2D eigenvalue weighted by Crippen LogP contribution is 2.16. The fourth-order valence-electron chi connectivity index (χ4n) is 1.75. The Morgan fingerprint density at radius 1 is 1.43 bits per heavy atom. The molecule has 0 saturated heterocycles. The van der Waals surface area contributed by atoms with Gasteiger partial charge in [-0.1, -0.05) is 0 Å². The van der Waals surface area contributed by atoms with E-state index in [2.05, 4.69) is 11.2 Å². The van der Waals surface area contributed by atoms with Gasteiger partial charge in [0.15, 0.2) is 0 Å². The molecule has 0 aromatic heterocycles. The topological polar surface area (TPSA) is 55.1 Å². The standard InChI is InChI=1S/C11H18N2O/c1-2-3-4-11(14)13-10-7-5-9(12)6-8-10/h1,9-10H,3-8,12H2,(H,13,14). The molecule has 1 rings (SSSR count). The second-order valence-corrected chi connectivity index (χ2v) is 3.88. The van der Waals surface area contributed by atoms with Gasteiger partial charge in [-0.15, -0.1) is 12.3 Å². The average molecular weight is 194 g/mol. The summed E-state index contributed by atoms with van der Waals surface area (Å²) in [6.07, 6.45) is 10.1.